The molecule has 0 spiro atoms. The van der Waals surface area contributed by atoms with Crippen molar-refractivity contribution in [2.75, 3.05) is 4.72 Å². The number of rotatable bonds is 5. The van der Waals surface area contributed by atoms with E-state index < -0.39 is 21.7 Å². The van der Waals surface area contributed by atoms with E-state index in [1.807, 2.05) is 0 Å². The minimum absolute atomic E-state index is 0.0606. The summed E-state index contributed by atoms with van der Waals surface area (Å²) in [4.78, 5) is 10.9. The Morgan fingerprint density at radius 2 is 1.96 bits per heavy atom. The number of hydrogen-bond acceptors (Lipinski definition) is 4. The quantitative estimate of drug-likeness (QED) is 0.428. The maximum absolute atomic E-state index is 13.1. The second-order valence-corrected chi connectivity index (χ2v) is 6.71. The normalized spacial score (nSPS) is 11.5. The Kier molecular flexibility index (Phi) is 5.55. The van der Waals surface area contributed by atoms with Crippen molar-refractivity contribution in [2.45, 2.75) is 4.90 Å². The molecule has 9 heteroatoms. The molecule has 126 valence electrons. The van der Waals surface area contributed by atoms with Crippen LogP contribution in [0.3, 0.4) is 0 Å². The van der Waals surface area contributed by atoms with Gasteiger partial charge in [-0.15, -0.1) is 0 Å². The van der Waals surface area contributed by atoms with Gasteiger partial charge in [-0.05, 0) is 42.0 Å². The third kappa shape index (κ3) is 4.54. The Labute approximate surface area is 142 Å². The molecule has 2 aromatic carbocycles. The summed E-state index contributed by atoms with van der Waals surface area (Å²) in [6.07, 6.45) is 2.37. The van der Waals surface area contributed by atoms with Crippen molar-refractivity contribution in [3.8, 4) is 0 Å². The summed E-state index contributed by atoms with van der Waals surface area (Å²) < 4.78 is 40.1. The molecule has 0 radical (unpaired) electrons. The fourth-order valence-electron chi connectivity index (χ4n) is 1.77. The monoisotopic (exact) mass is 370 g/mol. The molecular weight excluding hydrogens is 359 g/mol. The van der Waals surface area contributed by atoms with Gasteiger partial charge in [0.25, 0.3) is 15.9 Å². The minimum atomic E-state index is -3.92. The van der Waals surface area contributed by atoms with Gasteiger partial charge >= 0.3 is 0 Å². The smallest absolute Gasteiger partial charge is 0.267 e. The van der Waals surface area contributed by atoms with E-state index in [4.69, 9.17) is 16.8 Å². The summed E-state index contributed by atoms with van der Waals surface area (Å²) in [6, 6.07) is 9.20. The maximum atomic E-state index is 13.1. The number of amides is 1. The van der Waals surface area contributed by atoms with Gasteiger partial charge in [-0.3, -0.25) is 14.7 Å². The number of carbonyl (C=O) groups excluding carboxylic acids is 1. The number of anilines is 1. The summed E-state index contributed by atoms with van der Waals surface area (Å²) in [6.45, 7) is 0. The highest BCUT2D eigenvalue weighted by Gasteiger charge is 2.15. The van der Waals surface area contributed by atoms with Crippen molar-refractivity contribution in [1.29, 1.82) is 0 Å². The van der Waals surface area contributed by atoms with Crippen molar-refractivity contribution in [3.05, 3.63) is 64.9 Å². The van der Waals surface area contributed by atoms with Crippen LogP contribution in [0.1, 0.15) is 5.56 Å². The summed E-state index contributed by atoms with van der Waals surface area (Å²) in [5, 5.41) is 8.20. The van der Waals surface area contributed by atoms with Crippen LogP contribution in [0.15, 0.2) is 53.4 Å². The molecule has 0 fully saturated rings. The van der Waals surface area contributed by atoms with Crippen molar-refractivity contribution in [3.63, 3.8) is 0 Å². The molecule has 0 unspecified atom stereocenters. The lowest BCUT2D eigenvalue weighted by Gasteiger charge is -2.09. The Bertz CT molecular complexity index is 900. The van der Waals surface area contributed by atoms with Crippen LogP contribution < -0.4 is 10.2 Å². The zero-order chi connectivity index (χ0) is 17.7. The second-order valence-electron chi connectivity index (χ2n) is 4.62. The summed E-state index contributed by atoms with van der Waals surface area (Å²) in [5.74, 6) is -1.41. The van der Waals surface area contributed by atoms with Crippen molar-refractivity contribution in [2.24, 2.45) is 0 Å². The molecule has 24 heavy (non-hydrogen) atoms. The summed E-state index contributed by atoms with van der Waals surface area (Å²) in [5.41, 5.74) is 1.97. The van der Waals surface area contributed by atoms with E-state index in [2.05, 4.69) is 4.72 Å². The lowest BCUT2D eigenvalue weighted by atomic mass is 10.2. The third-order valence-electron chi connectivity index (χ3n) is 2.88. The number of sulfonamides is 1. The molecule has 0 bridgehead atoms. The van der Waals surface area contributed by atoms with Gasteiger partial charge in [0.2, 0.25) is 0 Å². The first-order valence-corrected chi connectivity index (χ1v) is 8.38. The average molecular weight is 371 g/mol. The lowest BCUT2D eigenvalue weighted by molar-refractivity contribution is -0.124. The summed E-state index contributed by atoms with van der Waals surface area (Å²) in [7, 11) is -3.92. The molecule has 0 saturated carbocycles. The molecule has 0 atom stereocenters. The molecule has 1 amide bonds. The Morgan fingerprint density at radius 1 is 1.21 bits per heavy atom. The SMILES string of the molecule is O=C(C=Cc1cccc(S(=O)(=O)Nc2ccc(F)c(Cl)c2)c1)NO. The topological polar surface area (TPSA) is 95.5 Å². The maximum Gasteiger partial charge on any atom is 0.267 e. The van der Waals surface area contributed by atoms with E-state index in [9.17, 15) is 17.6 Å². The Morgan fingerprint density at radius 3 is 2.62 bits per heavy atom. The van der Waals surface area contributed by atoms with E-state index >= 15 is 0 Å². The largest absolute Gasteiger partial charge is 0.288 e. The van der Waals surface area contributed by atoms with Crippen LogP contribution in [0.5, 0.6) is 0 Å². The van der Waals surface area contributed by atoms with E-state index in [0.717, 1.165) is 18.2 Å². The van der Waals surface area contributed by atoms with Gasteiger partial charge in [0, 0.05) is 6.08 Å². The number of hydroxylamine groups is 1. The number of benzene rings is 2. The predicted molar refractivity (Wildman–Crippen MR) is 87.6 cm³/mol. The summed E-state index contributed by atoms with van der Waals surface area (Å²) >= 11 is 5.62. The van der Waals surface area contributed by atoms with Gasteiger partial charge in [-0.1, -0.05) is 23.7 Å². The molecule has 0 aromatic heterocycles. The van der Waals surface area contributed by atoms with Crippen LogP contribution in [0.2, 0.25) is 5.02 Å². The molecule has 0 aliphatic heterocycles. The first-order valence-electron chi connectivity index (χ1n) is 6.52. The minimum Gasteiger partial charge on any atom is -0.288 e. The van der Waals surface area contributed by atoms with Crippen LogP contribution in [-0.4, -0.2) is 19.5 Å². The Balaban J connectivity index is 2.27. The fraction of sp³-hybridized carbons (Fsp3) is 0. The van der Waals surface area contributed by atoms with Crippen LogP contribution in [0.4, 0.5) is 10.1 Å². The molecule has 2 aromatic rings. The van der Waals surface area contributed by atoms with Gasteiger partial charge in [0.15, 0.2) is 0 Å². The molecule has 2 rings (SSSR count). The standard InChI is InChI=1S/C15H12ClFN2O4S/c16-13-9-11(5-6-14(13)17)19-24(22,23)12-3-1-2-10(8-12)4-7-15(20)18-21/h1-9,19,21H,(H,18,20). The Hall–Kier alpha value is -2.42. The average Bonchev–Trinajstić information content (AvgIpc) is 2.56. The molecule has 0 aliphatic rings. The number of nitrogens with one attached hydrogen (secondary N) is 2. The van der Waals surface area contributed by atoms with Crippen molar-refractivity contribution < 1.29 is 22.8 Å². The highest BCUT2D eigenvalue weighted by molar-refractivity contribution is 7.92. The van der Waals surface area contributed by atoms with Gasteiger partial charge in [-0.25, -0.2) is 18.3 Å². The van der Waals surface area contributed by atoms with Crippen molar-refractivity contribution in [1.82, 2.24) is 5.48 Å². The van der Waals surface area contributed by atoms with E-state index in [-0.39, 0.29) is 15.6 Å². The highest BCUT2D eigenvalue weighted by atomic mass is 35.5. The van der Waals surface area contributed by atoms with Crippen LogP contribution in [-0.2, 0) is 14.8 Å². The molecule has 3 N–H and O–H groups in total. The lowest BCUT2D eigenvalue weighted by Crippen LogP contribution is -2.15. The van der Waals surface area contributed by atoms with Gasteiger partial charge in [-0.2, -0.15) is 0 Å². The molecule has 0 heterocycles. The van der Waals surface area contributed by atoms with Crippen LogP contribution >= 0.6 is 11.6 Å². The molecule has 0 aliphatic carbocycles. The zero-order valence-corrected chi connectivity index (χ0v) is 13.6. The van der Waals surface area contributed by atoms with E-state index in [1.165, 1.54) is 35.8 Å². The highest BCUT2D eigenvalue weighted by Crippen LogP contribution is 2.22. The van der Waals surface area contributed by atoms with Crippen molar-refractivity contribution >= 4 is 39.3 Å². The van der Waals surface area contributed by atoms with E-state index in [0.29, 0.717) is 5.56 Å². The van der Waals surface area contributed by atoms with Crippen LogP contribution in [0.25, 0.3) is 6.08 Å². The van der Waals surface area contributed by atoms with Gasteiger partial charge in [0.05, 0.1) is 15.6 Å². The van der Waals surface area contributed by atoms with Gasteiger partial charge in [0.1, 0.15) is 5.82 Å². The molecule has 0 saturated heterocycles. The number of halogens is 2. The zero-order valence-electron chi connectivity index (χ0n) is 12.0. The second kappa shape index (κ2) is 7.43. The first-order chi connectivity index (χ1) is 11.3. The number of carbonyl (C=O) groups is 1. The van der Waals surface area contributed by atoms with E-state index in [1.54, 1.807) is 6.07 Å². The van der Waals surface area contributed by atoms with Gasteiger partial charge < -0.3 is 0 Å². The predicted octanol–water partition coefficient (Wildman–Crippen LogP) is 2.80. The fourth-order valence-corrected chi connectivity index (χ4v) is 3.05. The number of hydrogen-bond donors (Lipinski definition) is 3. The first kappa shape index (κ1) is 17.9. The molecular formula is C15H12ClFN2O4S. The van der Waals surface area contributed by atoms with Crippen LogP contribution in [0, 0.1) is 5.82 Å². The molecule has 6 nitrogen and oxygen atoms in total. The third-order valence-corrected chi connectivity index (χ3v) is 4.55.